The van der Waals surface area contributed by atoms with Crippen molar-refractivity contribution in [2.45, 2.75) is 32.7 Å². The molecule has 0 spiro atoms. The van der Waals surface area contributed by atoms with Gasteiger partial charge in [-0.25, -0.2) is 0 Å². The van der Waals surface area contributed by atoms with E-state index < -0.39 is 0 Å². The number of aromatic nitrogens is 2. The van der Waals surface area contributed by atoms with Gasteiger partial charge in [-0.2, -0.15) is 5.10 Å². The molecule has 0 aliphatic carbocycles. The first-order valence-electron chi connectivity index (χ1n) is 10.0. The molecule has 1 atom stereocenters. The van der Waals surface area contributed by atoms with Crippen LogP contribution in [0.2, 0.25) is 5.02 Å². The minimum absolute atomic E-state index is 0.0144. The molecule has 1 aliphatic rings. The third-order valence-electron chi connectivity index (χ3n) is 5.09. The Balaban J connectivity index is 1.82. The lowest BCUT2D eigenvalue weighted by Gasteiger charge is -2.26. The van der Waals surface area contributed by atoms with Crippen LogP contribution in [0.25, 0.3) is 11.3 Å². The second-order valence-electron chi connectivity index (χ2n) is 7.19. The van der Waals surface area contributed by atoms with Gasteiger partial charge >= 0.3 is 0 Å². The SMILES string of the molecule is CCCOc1cccc(C2c3c(-c4ccc(Cl)cc4)n[nH]c3C(=O)N2CCC)c1. The van der Waals surface area contributed by atoms with Crippen LogP contribution < -0.4 is 4.74 Å². The molecule has 0 fully saturated rings. The molecule has 5 nitrogen and oxygen atoms in total. The van der Waals surface area contributed by atoms with Crippen molar-refractivity contribution in [3.8, 4) is 17.0 Å². The monoisotopic (exact) mass is 409 g/mol. The molecule has 3 aromatic rings. The van der Waals surface area contributed by atoms with E-state index in [0.29, 0.717) is 23.9 Å². The van der Waals surface area contributed by atoms with Crippen molar-refractivity contribution in [2.75, 3.05) is 13.2 Å². The van der Waals surface area contributed by atoms with Gasteiger partial charge in [0.2, 0.25) is 0 Å². The van der Waals surface area contributed by atoms with Crippen LogP contribution in [0.5, 0.6) is 5.75 Å². The number of carbonyl (C=O) groups excluding carboxylic acids is 1. The number of nitrogens with zero attached hydrogens (tertiary/aromatic N) is 2. The van der Waals surface area contributed by atoms with Crippen molar-refractivity contribution < 1.29 is 9.53 Å². The van der Waals surface area contributed by atoms with E-state index in [4.69, 9.17) is 16.3 Å². The number of halogens is 1. The number of fused-ring (bicyclic) bond motifs is 1. The zero-order valence-corrected chi connectivity index (χ0v) is 17.4. The average Bonchev–Trinajstić information content (AvgIpc) is 3.27. The predicted octanol–water partition coefficient (Wildman–Crippen LogP) is 5.47. The van der Waals surface area contributed by atoms with Gasteiger partial charge in [0.05, 0.1) is 18.3 Å². The van der Waals surface area contributed by atoms with E-state index in [0.717, 1.165) is 41.0 Å². The van der Waals surface area contributed by atoms with Crippen molar-refractivity contribution in [3.05, 3.63) is 70.4 Å². The summed E-state index contributed by atoms with van der Waals surface area (Å²) < 4.78 is 5.83. The number of rotatable bonds is 7. The van der Waals surface area contributed by atoms with Crippen LogP contribution in [0.3, 0.4) is 0 Å². The molecule has 0 bridgehead atoms. The molecule has 0 radical (unpaired) electrons. The van der Waals surface area contributed by atoms with Crippen LogP contribution in [0.4, 0.5) is 0 Å². The lowest BCUT2D eigenvalue weighted by atomic mass is 9.96. The number of hydrogen-bond acceptors (Lipinski definition) is 3. The number of ether oxygens (including phenoxy) is 1. The van der Waals surface area contributed by atoms with Crippen LogP contribution in [0, 0.1) is 0 Å². The Bertz CT molecular complexity index is 1010. The normalized spacial score (nSPS) is 15.6. The third kappa shape index (κ3) is 3.62. The molecular formula is C23H24ClN3O2. The quantitative estimate of drug-likeness (QED) is 0.562. The highest BCUT2D eigenvalue weighted by Gasteiger charge is 2.41. The first kappa shape index (κ1) is 19.5. The molecule has 1 N–H and O–H groups in total. The van der Waals surface area contributed by atoms with Gasteiger partial charge in [0.1, 0.15) is 11.4 Å². The van der Waals surface area contributed by atoms with Crippen LogP contribution in [0.1, 0.15) is 54.3 Å². The first-order valence-corrected chi connectivity index (χ1v) is 10.4. The number of benzene rings is 2. The molecule has 1 aromatic heterocycles. The van der Waals surface area contributed by atoms with Crippen molar-refractivity contribution in [2.24, 2.45) is 0 Å². The maximum Gasteiger partial charge on any atom is 0.273 e. The van der Waals surface area contributed by atoms with Gasteiger partial charge < -0.3 is 9.64 Å². The van der Waals surface area contributed by atoms with Crippen LogP contribution in [-0.4, -0.2) is 34.2 Å². The molecule has 2 aromatic carbocycles. The fraction of sp³-hybridized carbons (Fsp3) is 0.304. The fourth-order valence-corrected chi connectivity index (χ4v) is 3.96. The highest BCUT2D eigenvalue weighted by molar-refractivity contribution is 6.30. The smallest absolute Gasteiger partial charge is 0.273 e. The summed E-state index contributed by atoms with van der Waals surface area (Å²) in [6.45, 7) is 5.50. The Hall–Kier alpha value is -2.79. The zero-order chi connectivity index (χ0) is 20.4. The fourth-order valence-electron chi connectivity index (χ4n) is 3.84. The van der Waals surface area contributed by atoms with Crippen LogP contribution in [-0.2, 0) is 0 Å². The van der Waals surface area contributed by atoms with Gasteiger partial charge in [-0.15, -0.1) is 0 Å². The van der Waals surface area contributed by atoms with Gasteiger partial charge in [0.15, 0.2) is 0 Å². The molecule has 4 rings (SSSR count). The summed E-state index contributed by atoms with van der Waals surface area (Å²) in [4.78, 5) is 15.0. The summed E-state index contributed by atoms with van der Waals surface area (Å²) in [5, 5.41) is 8.13. The van der Waals surface area contributed by atoms with E-state index in [1.807, 2.05) is 53.4 Å². The van der Waals surface area contributed by atoms with Gasteiger partial charge in [0, 0.05) is 22.7 Å². The van der Waals surface area contributed by atoms with Crippen molar-refractivity contribution in [3.63, 3.8) is 0 Å². The van der Waals surface area contributed by atoms with E-state index in [1.165, 1.54) is 0 Å². The number of carbonyl (C=O) groups is 1. The van der Waals surface area contributed by atoms with Gasteiger partial charge in [-0.1, -0.05) is 49.7 Å². The Morgan fingerprint density at radius 1 is 1.14 bits per heavy atom. The van der Waals surface area contributed by atoms with Crippen molar-refractivity contribution in [1.29, 1.82) is 0 Å². The standard InChI is InChI=1S/C23H24ClN3O2/c1-3-12-27-22(16-6-5-7-18(14-16)29-13-4-2)19-20(25-26-21(19)23(27)28)15-8-10-17(24)11-9-15/h5-11,14,22H,3-4,12-13H2,1-2H3,(H,25,26). The van der Waals surface area contributed by atoms with E-state index in [1.54, 1.807) is 0 Å². The van der Waals surface area contributed by atoms with E-state index >= 15 is 0 Å². The second-order valence-corrected chi connectivity index (χ2v) is 7.63. The van der Waals surface area contributed by atoms with Crippen LogP contribution >= 0.6 is 11.6 Å². The van der Waals surface area contributed by atoms with Gasteiger partial charge in [0.25, 0.3) is 5.91 Å². The summed E-state index contributed by atoms with van der Waals surface area (Å²) in [5.41, 5.74) is 4.22. The largest absolute Gasteiger partial charge is 0.494 e. The number of H-pyrrole nitrogens is 1. The zero-order valence-electron chi connectivity index (χ0n) is 16.6. The molecular weight excluding hydrogens is 386 g/mol. The summed E-state index contributed by atoms with van der Waals surface area (Å²) >= 11 is 6.06. The Morgan fingerprint density at radius 3 is 2.66 bits per heavy atom. The van der Waals surface area contributed by atoms with E-state index in [2.05, 4.69) is 24.0 Å². The van der Waals surface area contributed by atoms with Crippen LogP contribution in [0.15, 0.2) is 48.5 Å². The second kappa shape index (κ2) is 8.29. The van der Waals surface area contributed by atoms with Gasteiger partial charge in [-0.3, -0.25) is 9.89 Å². The Labute approximate surface area is 175 Å². The third-order valence-corrected chi connectivity index (χ3v) is 5.34. The Morgan fingerprint density at radius 2 is 1.93 bits per heavy atom. The topological polar surface area (TPSA) is 58.2 Å². The minimum Gasteiger partial charge on any atom is -0.494 e. The molecule has 29 heavy (non-hydrogen) atoms. The molecule has 1 aliphatic heterocycles. The molecule has 2 heterocycles. The molecule has 6 heteroatoms. The average molecular weight is 410 g/mol. The summed E-state index contributed by atoms with van der Waals surface area (Å²) in [7, 11) is 0. The first-order chi connectivity index (χ1) is 14.1. The maximum absolute atomic E-state index is 13.1. The van der Waals surface area contributed by atoms with E-state index in [-0.39, 0.29) is 11.9 Å². The number of nitrogens with one attached hydrogen (secondary N) is 1. The lowest BCUT2D eigenvalue weighted by Crippen LogP contribution is -2.30. The predicted molar refractivity (Wildman–Crippen MR) is 114 cm³/mol. The van der Waals surface area contributed by atoms with Gasteiger partial charge in [-0.05, 0) is 42.7 Å². The number of amides is 1. The minimum atomic E-state index is -0.202. The molecule has 0 saturated carbocycles. The van der Waals surface area contributed by atoms with Crippen molar-refractivity contribution in [1.82, 2.24) is 15.1 Å². The highest BCUT2D eigenvalue weighted by atomic mass is 35.5. The molecule has 1 unspecified atom stereocenters. The molecule has 150 valence electrons. The van der Waals surface area contributed by atoms with E-state index in [9.17, 15) is 4.79 Å². The molecule has 0 saturated heterocycles. The summed E-state index contributed by atoms with van der Waals surface area (Å²) in [5.74, 6) is 0.803. The van der Waals surface area contributed by atoms with Crippen molar-refractivity contribution >= 4 is 17.5 Å². The highest BCUT2D eigenvalue weighted by Crippen LogP contribution is 2.43. The summed E-state index contributed by atoms with van der Waals surface area (Å²) in [6.07, 6.45) is 1.82. The Kier molecular flexibility index (Phi) is 5.58. The number of aromatic amines is 1. The molecule has 1 amide bonds. The number of hydrogen-bond donors (Lipinski definition) is 1. The maximum atomic E-state index is 13.1. The lowest BCUT2D eigenvalue weighted by molar-refractivity contribution is 0.0743. The summed E-state index contributed by atoms with van der Waals surface area (Å²) in [6, 6.07) is 15.4.